The van der Waals surface area contributed by atoms with Crippen LogP contribution in [-0.4, -0.2) is 258 Å². The molecule has 15 aliphatic rings. The van der Waals surface area contributed by atoms with Crippen LogP contribution in [0.1, 0.15) is 113 Å². The molecule has 19 rings (SSSR count). The molecule has 4 aromatic rings. The van der Waals surface area contributed by atoms with Crippen LogP contribution in [0, 0.1) is 36.0 Å². The standard InChI is InChI=1S/C36H54N8.C12H22N4.C8H22N8S.C8H6.2C6H18N4.C4H10.C2H10N4S.2CH4/c1-2-32-4-3-31(1)25-37-13-19-43-21-15-39-27-33-5-9-35(10-6-33)29-41-17-23-44(20-14-38-26-32)24-18-42-30-36-11-7-34(8-12-36)28-40-16-22-43;13-5-7-15-9-11-1-2-12(4-3-11)10-16-8-6-14;1-9-4-15-5-10-2-12-8-16(7-11-1)17-14-3-13-6-15;1-3-5-7-8-6-4-2;2*1-3-8-5-10-6-9-4-7-2;1-3-4-2;3-1-5-2-6-7-4;;/h1-12,37-42H,13-30H2;1-4,15-16H,5-10,13-14H2;9-14H,1-8H2;1H,4H2,2H3;2*7-10H,3-6H2,1-2H3;3-4H2,1-2H3;5-6H,1-4H2;2*1H4/p+4. The molecule has 4 aromatic carbocycles. The highest BCUT2D eigenvalue weighted by atomic mass is 32.2. The van der Waals surface area contributed by atoms with Gasteiger partial charge in [-0.3, -0.25) is 78.3 Å². The number of nitrogens with one attached hydrogen (secondary N) is 20. The number of nitrogens with two attached hydrogens (primary N) is 8. The zero-order valence-electron chi connectivity index (χ0n) is 72.4. The van der Waals surface area contributed by atoms with Crippen molar-refractivity contribution in [3.63, 3.8) is 0 Å². The molecule has 0 amide bonds. The molecule has 15 heterocycles. The summed E-state index contributed by atoms with van der Waals surface area (Å²) in [6, 6.07) is 35.8. The number of hydrogen-bond donors (Lipinski definition) is 28. The third kappa shape index (κ3) is 73.7. The van der Waals surface area contributed by atoms with Gasteiger partial charge in [0.2, 0.25) is 20.0 Å². The van der Waals surface area contributed by atoms with Crippen LogP contribution in [0.4, 0.5) is 0 Å². The molecule has 36 N–H and O–H groups in total. The van der Waals surface area contributed by atoms with Gasteiger partial charge < -0.3 is 75.7 Å². The lowest BCUT2D eigenvalue weighted by atomic mass is 10.1. The fourth-order valence-corrected chi connectivity index (χ4v) is 11.4. The van der Waals surface area contributed by atoms with E-state index in [1.54, 1.807) is 12.1 Å². The molecule has 0 atom stereocenters. The highest BCUT2D eigenvalue weighted by Gasteiger charge is 2.12. The van der Waals surface area contributed by atoms with Crippen molar-refractivity contribution in [2.75, 3.05) is 239 Å². The molecule has 676 valence electrons. The van der Waals surface area contributed by atoms with Crippen LogP contribution in [0.3, 0.4) is 0 Å². The quantitative estimate of drug-likeness (QED) is 0.0116. The van der Waals surface area contributed by atoms with Crippen LogP contribution in [0.25, 0.3) is 0 Å². The van der Waals surface area contributed by atoms with Crippen molar-refractivity contribution in [2.45, 2.75) is 121 Å². The number of rotatable bonds is 27. The summed E-state index contributed by atoms with van der Waals surface area (Å²) < 4.78 is 8.24. The lowest BCUT2D eigenvalue weighted by molar-refractivity contribution is -0.973. The van der Waals surface area contributed by atoms with E-state index in [-0.39, 0.29) is 14.9 Å². The van der Waals surface area contributed by atoms with Gasteiger partial charge in [0.1, 0.15) is 0 Å². The molecule has 0 aromatic heterocycles. The molecular weight excluding hydrogens is 1520 g/mol. The van der Waals surface area contributed by atoms with Gasteiger partial charge >= 0.3 is 0 Å². The van der Waals surface area contributed by atoms with Gasteiger partial charge in [-0.1, -0.05) is 158 Å². The number of unbranched alkanes of at least 4 members (excludes halogenated alkanes) is 1. The fourth-order valence-electron chi connectivity index (χ4n) is 10.6. The second kappa shape index (κ2) is 91.2. The number of benzene rings is 4. The van der Waals surface area contributed by atoms with Crippen LogP contribution in [0.15, 0.2) is 97.1 Å². The maximum atomic E-state index is 5.40. The van der Waals surface area contributed by atoms with Crippen molar-refractivity contribution in [1.82, 2.24) is 124 Å². The summed E-state index contributed by atoms with van der Waals surface area (Å²) in [6.07, 6.45) is 8.29. The molecule has 0 aliphatic carbocycles. The highest BCUT2D eigenvalue weighted by molar-refractivity contribution is 7.95. The summed E-state index contributed by atoms with van der Waals surface area (Å²) in [7, 11) is 4.01. The van der Waals surface area contributed by atoms with Gasteiger partial charge in [-0.25, -0.2) is 13.7 Å². The second-order valence-electron chi connectivity index (χ2n) is 27.2. The first-order chi connectivity index (χ1) is 57.2. The summed E-state index contributed by atoms with van der Waals surface area (Å²) in [4.78, 5) is 7.41. The Morgan fingerprint density at radius 1 is 0.449 bits per heavy atom. The number of quaternary nitrogens is 4. The minimum atomic E-state index is 0. The van der Waals surface area contributed by atoms with Gasteiger partial charge in [-0.2, -0.15) is 0 Å². The summed E-state index contributed by atoms with van der Waals surface area (Å²) in [6.45, 7) is 48.9. The largest absolute Gasteiger partial charge is 0.329 e. The van der Waals surface area contributed by atoms with Crippen molar-refractivity contribution >= 4 is 24.3 Å². The Labute approximate surface area is 725 Å². The maximum Gasteiger partial charge on any atom is 0.209 e. The Morgan fingerprint density at radius 2 is 0.839 bits per heavy atom. The van der Waals surface area contributed by atoms with Gasteiger partial charge in [0, 0.05) is 228 Å². The van der Waals surface area contributed by atoms with E-state index in [0.29, 0.717) is 26.4 Å². The number of terminal acetylenes is 1. The molecule has 34 heteroatoms. The second-order valence-corrected chi connectivity index (χ2v) is 28.7. The summed E-state index contributed by atoms with van der Waals surface area (Å²) >= 11 is 2.70. The van der Waals surface area contributed by atoms with E-state index in [9.17, 15) is 0 Å². The summed E-state index contributed by atoms with van der Waals surface area (Å²) in [5.74, 6) is 12.4. The normalized spacial score (nSPS) is 17.6. The molecule has 0 unspecified atom stereocenters. The molecule has 0 spiro atoms. The van der Waals surface area contributed by atoms with E-state index in [2.05, 4.69) is 307 Å². The van der Waals surface area contributed by atoms with E-state index in [0.717, 1.165) is 262 Å². The molecule has 10 bridgehead atoms. The van der Waals surface area contributed by atoms with Gasteiger partial charge in [-0.15, -0.1) is 6.42 Å². The zero-order chi connectivity index (χ0) is 84.0. The average Bonchev–Trinajstić information content (AvgIpc) is 0.918. The van der Waals surface area contributed by atoms with Crippen LogP contribution in [-0.2, 0) is 52.4 Å². The Balaban J connectivity index is 0. The fraction of sp³-hybridized carbons (Fsp3) is 0.643. The van der Waals surface area contributed by atoms with E-state index >= 15 is 0 Å². The highest BCUT2D eigenvalue weighted by Crippen LogP contribution is 2.09. The number of fused-ring (bicyclic) bond motifs is 12. The van der Waals surface area contributed by atoms with Crippen molar-refractivity contribution in [3.8, 4) is 36.0 Å². The van der Waals surface area contributed by atoms with Gasteiger partial charge in [0.25, 0.3) is 0 Å². The van der Waals surface area contributed by atoms with Crippen molar-refractivity contribution in [1.29, 1.82) is 0 Å². The molecule has 3 fully saturated rings. The molecular formula is C84H172N32S2+4. The topological polar surface area (TPSA) is 424 Å². The van der Waals surface area contributed by atoms with Crippen molar-refractivity contribution < 1.29 is 21.3 Å². The third-order valence-corrected chi connectivity index (χ3v) is 18.4. The molecule has 0 saturated carbocycles. The number of hydrogen-bond acceptors (Lipinski definition) is 30. The van der Waals surface area contributed by atoms with E-state index in [4.69, 9.17) is 28.8 Å². The summed E-state index contributed by atoms with van der Waals surface area (Å²) in [5, 5.41) is 74.7. The van der Waals surface area contributed by atoms with E-state index in [1.165, 1.54) is 63.9 Å². The lowest BCUT2D eigenvalue weighted by Gasteiger charge is -2.29. The Morgan fingerprint density at radius 3 is 1.19 bits per heavy atom. The van der Waals surface area contributed by atoms with Crippen LogP contribution < -0.4 is 149 Å². The van der Waals surface area contributed by atoms with Gasteiger partial charge in [-0.05, 0) is 88.7 Å². The van der Waals surface area contributed by atoms with Crippen LogP contribution >= 0.6 is 24.3 Å². The lowest BCUT2D eigenvalue weighted by Crippen LogP contribution is -3.17. The average molecular weight is 1690 g/mol. The van der Waals surface area contributed by atoms with Crippen molar-refractivity contribution in [3.05, 3.63) is 142 Å². The maximum absolute atomic E-state index is 5.40. The third-order valence-electron chi connectivity index (χ3n) is 17.3. The molecule has 32 nitrogen and oxygen atoms in total. The SMILES string of the molecule is C.C.C#CC#CC#CCC.C1NCN2CNCNCN(CN1)SNCNC2.CCCC.CCNCNCNCNC.CC[NH2+]C[NH2+]C[NH2+]C[NH2+]C.NCCNCc1ccc(CNCCN)cc1.NCNCNSN.c1cc2ccc1CNCCN1CCNCc3ccc(cc3)CNCCN(CCNC2)CCNCc2ccc(cc2)CNCC1. The van der Waals surface area contributed by atoms with E-state index < -0.39 is 0 Å². The molecule has 118 heavy (non-hydrogen) atoms. The Bertz CT molecular complexity index is 2530. The molecule has 15 aliphatic heterocycles. The predicted octanol–water partition coefficient (Wildman–Crippen LogP) is -4.28. The van der Waals surface area contributed by atoms with Crippen LogP contribution in [0.2, 0.25) is 0 Å². The first kappa shape index (κ1) is 115. The van der Waals surface area contributed by atoms with E-state index in [1.807, 2.05) is 14.0 Å². The monoisotopic (exact) mass is 1690 g/mol. The Hall–Kier alpha value is -5.02. The van der Waals surface area contributed by atoms with Gasteiger partial charge in [0.15, 0.2) is 0 Å². The van der Waals surface area contributed by atoms with Gasteiger partial charge in [0.05, 0.1) is 60.3 Å². The minimum Gasteiger partial charge on any atom is -0.329 e. The molecule has 3 saturated heterocycles. The van der Waals surface area contributed by atoms with Crippen LogP contribution in [0.5, 0.6) is 0 Å². The number of nitrogens with zero attached hydrogens (tertiary/aromatic N) is 4. The smallest absolute Gasteiger partial charge is 0.209 e. The zero-order valence-corrected chi connectivity index (χ0v) is 74.0. The summed E-state index contributed by atoms with van der Waals surface area (Å²) in [5.41, 5.74) is 26.5. The Kier molecular flexibility index (Phi) is 88.9. The first-order valence-corrected chi connectivity index (χ1v) is 44.0. The van der Waals surface area contributed by atoms with Crippen molar-refractivity contribution in [2.24, 2.45) is 22.3 Å². The predicted molar refractivity (Wildman–Crippen MR) is 502 cm³/mol. The first-order valence-electron chi connectivity index (χ1n) is 42.3. The minimum absolute atomic E-state index is 0. The molecule has 0 radical (unpaired) electrons.